The first-order valence-corrected chi connectivity index (χ1v) is 7.82. The summed E-state index contributed by atoms with van der Waals surface area (Å²) in [7, 11) is 0. The molecule has 4 aliphatic carbocycles. The van der Waals surface area contributed by atoms with Gasteiger partial charge < -0.3 is 4.42 Å². The molecular formula is C17H16N2O3. The second-order valence-corrected chi connectivity index (χ2v) is 6.84. The summed E-state index contributed by atoms with van der Waals surface area (Å²) in [5.41, 5.74) is 0. The Morgan fingerprint density at radius 3 is 2.32 bits per heavy atom. The largest absolute Gasteiger partial charge is 0.460 e. The average molecular weight is 296 g/mol. The molecule has 22 heavy (non-hydrogen) atoms. The van der Waals surface area contributed by atoms with Crippen molar-refractivity contribution in [1.82, 2.24) is 5.01 Å². The van der Waals surface area contributed by atoms with Crippen LogP contribution in [0.25, 0.3) is 0 Å². The van der Waals surface area contributed by atoms with E-state index >= 15 is 0 Å². The number of carbonyl (C=O) groups is 2. The van der Waals surface area contributed by atoms with Gasteiger partial charge in [-0.2, -0.15) is 10.1 Å². The van der Waals surface area contributed by atoms with Gasteiger partial charge >= 0.3 is 0 Å². The molecule has 6 atom stereocenters. The van der Waals surface area contributed by atoms with Gasteiger partial charge in [-0.25, -0.2) is 0 Å². The summed E-state index contributed by atoms with van der Waals surface area (Å²) in [5, 5.41) is 5.19. The number of imide groups is 1. The van der Waals surface area contributed by atoms with Gasteiger partial charge in [0.05, 0.1) is 18.1 Å². The summed E-state index contributed by atoms with van der Waals surface area (Å²) in [5.74, 6) is 2.37. The third-order valence-corrected chi connectivity index (χ3v) is 5.70. The molecule has 112 valence electrons. The van der Waals surface area contributed by atoms with Crippen LogP contribution in [0.5, 0.6) is 0 Å². The molecule has 5 aliphatic rings. The van der Waals surface area contributed by atoms with Crippen LogP contribution >= 0.6 is 0 Å². The first kappa shape index (κ1) is 12.4. The van der Waals surface area contributed by atoms with Crippen molar-refractivity contribution >= 4 is 18.0 Å². The van der Waals surface area contributed by atoms with Crippen LogP contribution in [0, 0.1) is 42.4 Å². The van der Waals surface area contributed by atoms with Gasteiger partial charge in [0.1, 0.15) is 11.5 Å². The Bertz CT molecular complexity index is 711. The van der Waals surface area contributed by atoms with Crippen LogP contribution in [0.4, 0.5) is 0 Å². The topological polar surface area (TPSA) is 62.9 Å². The van der Waals surface area contributed by atoms with Crippen molar-refractivity contribution in [2.75, 3.05) is 0 Å². The number of nitrogens with zero attached hydrogens (tertiary/aromatic N) is 2. The maximum Gasteiger partial charge on any atom is 0.254 e. The molecule has 2 amide bonds. The van der Waals surface area contributed by atoms with Gasteiger partial charge in [0.2, 0.25) is 0 Å². The van der Waals surface area contributed by atoms with Gasteiger partial charge in [-0.1, -0.05) is 12.2 Å². The Labute approximate surface area is 127 Å². The number of carbonyl (C=O) groups excluding carboxylic acids is 2. The van der Waals surface area contributed by atoms with E-state index in [-0.39, 0.29) is 35.5 Å². The van der Waals surface area contributed by atoms with Crippen molar-refractivity contribution in [2.45, 2.75) is 13.3 Å². The molecule has 3 fully saturated rings. The van der Waals surface area contributed by atoms with Crippen LogP contribution in [0.3, 0.4) is 0 Å². The molecule has 0 aromatic carbocycles. The maximum atomic E-state index is 12.7. The van der Waals surface area contributed by atoms with Crippen molar-refractivity contribution < 1.29 is 14.0 Å². The molecule has 0 unspecified atom stereocenters. The molecule has 0 N–H and O–H groups in total. The van der Waals surface area contributed by atoms with E-state index in [1.54, 1.807) is 6.07 Å². The van der Waals surface area contributed by atoms with Crippen LogP contribution in [0.1, 0.15) is 17.9 Å². The normalized spacial score (nSPS) is 41.4. The van der Waals surface area contributed by atoms with Gasteiger partial charge in [0, 0.05) is 0 Å². The van der Waals surface area contributed by atoms with Gasteiger partial charge in [-0.3, -0.25) is 9.59 Å². The second-order valence-electron chi connectivity index (χ2n) is 6.84. The third kappa shape index (κ3) is 1.46. The fourth-order valence-electron chi connectivity index (χ4n) is 4.69. The van der Waals surface area contributed by atoms with Gasteiger partial charge in [-0.15, -0.1) is 0 Å². The van der Waals surface area contributed by atoms with Crippen LogP contribution < -0.4 is 0 Å². The molecule has 2 saturated carbocycles. The Balaban J connectivity index is 1.46. The number of hydrogen-bond acceptors (Lipinski definition) is 4. The van der Waals surface area contributed by atoms with Crippen LogP contribution in [0.15, 0.2) is 33.8 Å². The quantitative estimate of drug-likeness (QED) is 0.476. The minimum absolute atomic E-state index is 0.140. The standard InChI is InChI=1S/C17H16N2O3/c1-8-2-3-9(22-8)7-18-19-16(20)14-10-4-5-11(13-6-12(10)13)15(14)17(19)21/h2-5,7,10-15H,6H2,1H3/b18-7+/t10-,11-,12-,13-,14+,15+/m1/s1. The molecule has 2 bridgehead atoms. The summed E-state index contributed by atoms with van der Waals surface area (Å²) in [6.07, 6.45) is 6.95. The molecule has 1 saturated heterocycles. The summed E-state index contributed by atoms with van der Waals surface area (Å²) in [4.78, 5) is 25.3. The zero-order valence-corrected chi connectivity index (χ0v) is 12.2. The average Bonchev–Trinajstić information content (AvgIpc) is 3.19. The molecule has 1 aromatic heterocycles. The Kier molecular flexibility index (Phi) is 2.23. The predicted molar refractivity (Wildman–Crippen MR) is 77.6 cm³/mol. The van der Waals surface area contributed by atoms with Crippen LogP contribution in [-0.2, 0) is 9.59 Å². The molecule has 2 heterocycles. The van der Waals surface area contributed by atoms with Crippen molar-refractivity contribution in [2.24, 2.45) is 40.6 Å². The Morgan fingerprint density at radius 1 is 1.14 bits per heavy atom. The highest BCUT2D eigenvalue weighted by Gasteiger charge is 2.67. The highest BCUT2D eigenvalue weighted by molar-refractivity contribution is 6.06. The summed E-state index contributed by atoms with van der Waals surface area (Å²) in [6, 6.07) is 3.60. The monoisotopic (exact) mass is 296 g/mol. The van der Waals surface area contributed by atoms with Crippen molar-refractivity contribution in [3.05, 3.63) is 35.8 Å². The zero-order valence-electron chi connectivity index (χ0n) is 12.2. The molecule has 5 heteroatoms. The first-order chi connectivity index (χ1) is 10.6. The number of rotatable bonds is 2. The summed E-state index contributed by atoms with van der Waals surface area (Å²) < 4.78 is 5.40. The van der Waals surface area contributed by atoms with E-state index in [1.165, 1.54) is 12.6 Å². The molecular weight excluding hydrogens is 280 g/mol. The molecule has 5 nitrogen and oxygen atoms in total. The lowest BCUT2D eigenvalue weighted by Gasteiger charge is -2.37. The highest BCUT2D eigenvalue weighted by atomic mass is 16.3. The zero-order chi connectivity index (χ0) is 15.0. The third-order valence-electron chi connectivity index (χ3n) is 5.70. The number of furan rings is 1. The number of amides is 2. The number of hydrogen-bond donors (Lipinski definition) is 0. The Morgan fingerprint density at radius 2 is 1.77 bits per heavy atom. The molecule has 1 aliphatic heterocycles. The fraction of sp³-hybridized carbons (Fsp3) is 0.471. The van der Waals surface area contributed by atoms with E-state index in [2.05, 4.69) is 17.3 Å². The minimum Gasteiger partial charge on any atom is -0.460 e. The summed E-state index contributed by atoms with van der Waals surface area (Å²) in [6.45, 7) is 1.84. The SMILES string of the molecule is Cc1ccc(/C=N/N2C(=O)[C@H]3[C@@H]4C=C[C@H]([C@H]5C[C@H]45)[C@@H]3C2=O)o1. The number of hydrazone groups is 1. The van der Waals surface area contributed by atoms with Gasteiger partial charge in [0.25, 0.3) is 11.8 Å². The van der Waals surface area contributed by atoms with E-state index in [0.29, 0.717) is 17.6 Å². The molecule has 0 radical (unpaired) electrons. The van der Waals surface area contributed by atoms with E-state index in [1.807, 2.05) is 13.0 Å². The second kappa shape index (κ2) is 3.97. The van der Waals surface area contributed by atoms with Crippen molar-refractivity contribution in [3.63, 3.8) is 0 Å². The highest BCUT2D eigenvalue weighted by Crippen LogP contribution is 2.65. The number of aryl methyl sites for hydroxylation is 1. The van der Waals surface area contributed by atoms with E-state index in [0.717, 1.165) is 10.8 Å². The lowest BCUT2D eigenvalue weighted by Crippen LogP contribution is -2.40. The van der Waals surface area contributed by atoms with E-state index in [4.69, 9.17) is 4.42 Å². The van der Waals surface area contributed by atoms with Gasteiger partial charge in [-0.05, 0) is 49.1 Å². The predicted octanol–water partition coefficient (Wildman–Crippen LogP) is 1.98. The molecule has 1 aromatic rings. The van der Waals surface area contributed by atoms with E-state index < -0.39 is 0 Å². The van der Waals surface area contributed by atoms with Crippen LogP contribution in [-0.4, -0.2) is 23.0 Å². The molecule has 0 spiro atoms. The van der Waals surface area contributed by atoms with Gasteiger partial charge in [0.15, 0.2) is 0 Å². The fourth-order valence-corrected chi connectivity index (χ4v) is 4.69. The number of allylic oxidation sites excluding steroid dienone is 2. The minimum atomic E-state index is -0.193. The smallest absolute Gasteiger partial charge is 0.254 e. The summed E-state index contributed by atoms with van der Waals surface area (Å²) >= 11 is 0. The van der Waals surface area contributed by atoms with E-state index in [9.17, 15) is 9.59 Å². The van der Waals surface area contributed by atoms with Crippen molar-refractivity contribution in [3.8, 4) is 0 Å². The first-order valence-electron chi connectivity index (χ1n) is 7.82. The lowest BCUT2D eigenvalue weighted by atomic mass is 9.63. The molecule has 6 rings (SSSR count). The van der Waals surface area contributed by atoms with Crippen molar-refractivity contribution in [1.29, 1.82) is 0 Å². The maximum absolute atomic E-state index is 12.7. The Hall–Kier alpha value is -2.17. The van der Waals surface area contributed by atoms with Crippen LogP contribution in [0.2, 0.25) is 0 Å². The lowest BCUT2D eigenvalue weighted by molar-refractivity contribution is -0.140.